The lowest BCUT2D eigenvalue weighted by Gasteiger charge is -2.38. The number of hydrogen-bond donors (Lipinski definition) is 0. The zero-order valence-electron chi connectivity index (χ0n) is 10.1. The normalized spacial score (nSPS) is 17.5. The van der Waals surface area contributed by atoms with Gasteiger partial charge in [0.25, 0.3) is 0 Å². The van der Waals surface area contributed by atoms with E-state index in [-0.39, 0.29) is 5.41 Å². The van der Waals surface area contributed by atoms with E-state index in [2.05, 4.69) is 6.58 Å². The lowest BCUT2D eigenvalue weighted by atomic mass is 9.71. The zero-order valence-corrected chi connectivity index (χ0v) is 10.1. The third kappa shape index (κ3) is 3.62. The van der Waals surface area contributed by atoms with Crippen molar-refractivity contribution in [3.8, 4) is 0 Å². The number of methoxy groups -OCH3 is 2. The Morgan fingerprint density at radius 3 is 2.20 bits per heavy atom. The molecule has 0 aliphatic heterocycles. The first kappa shape index (κ1) is 12.7. The minimum atomic E-state index is 0.163. The van der Waals surface area contributed by atoms with Gasteiger partial charge in [0.2, 0.25) is 0 Å². The summed E-state index contributed by atoms with van der Waals surface area (Å²) in [5.74, 6) is 0.884. The molecule has 0 unspecified atom stereocenters. The fourth-order valence-corrected chi connectivity index (χ4v) is 2.59. The van der Waals surface area contributed by atoms with Gasteiger partial charge in [-0.1, -0.05) is 25.3 Å². The van der Waals surface area contributed by atoms with Crippen molar-refractivity contribution in [3.63, 3.8) is 0 Å². The molecule has 1 rings (SSSR count). The molecule has 0 atom stereocenters. The van der Waals surface area contributed by atoms with Gasteiger partial charge in [0.15, 0.2) is 0 Å². The highest BCUT2D eigenvalue weighted by Gasteiger charge is 2.34. The van der Waals surface area contributed by atoms with Crippen LogP contribution in [0.25, 0.3) is 0 Å². The maximum atomic E-state index is 5.35. The minimum absolute atomic E-state index is 0.163. The van der Waals surface area contributed by atoms with Crippen LogP contribution in [-0.2, 0) is 9.47 Å². The third-order valence-corrected chi connectivity index (χ3v) is 3.42. The summed E-state index contributed by atoms with van der Waals surface area (Å²) in [6, 6.07) is 0. The Morgan fingerprint density at radius 1 is 1.27 bits per heavy atom. The molecular formula is C13H24O2. The van der Waals surface area contributed by atoms with Crippen molar-refractivity contribution in [2.24, 2.45) is 11.3 Å². The summed E-state index contributed by atoms with van der Waals surface area (Å²) < 4.78 is 10.7. The van der Waals surface area contributed by atoms with Gasteiger partial charge in [-0.2, -0.15) is 0 Å². The van der Waals surface area contributed by atoms with Crippen LogP contribution in [0.2, 0.25) is 0 Å². The maximum absolute atomic E-state index is 5.35. The zero-order chi connectivity index (χ0) is 11.1. The van der Waals surface area contributed by atoms with E-state index in [1.807, 2.05) is 6.08 Å². The molecule has 0 aromatic carbocycles. The van der Waals surface area contributed by atoms with E-state index in [1.54, 1.807) is 14.2 Å². The Kier molecular flexibility index (Phi) is 5.34. The van der Waals surface area contributed by atoms with Gasteiger partial charge in [-0.15, -0.1) is 6.58 Å². The summed E-state index contributed by atoms with van der Waals surface area (Å²) in [7, 11) is 3.54. The van der Waals surface area contributed by atoms with E-state index in [0.717, 1.165) is 25.6 Å². The Labute approximate surface area is 93.7 Å². The van der Waals surface area contributed by atoms with Crippen LogP contribution in [0, 0.1) is 11.3 Å². The molecule has 0 heterocycles. The first-order valence-electron chi connectivity index (χ1n) is 5.85. The maximum Gasteiger partial charge on any atom is 0.0543 e. The van der Waals surface area contributed by atoms with E-state index in [9.17, 15) is 0 Å². The predicted molar refractivity (Wildman–Crippen MR) is 63.0 cm³/mol. The Hall–Kier alpha value is -0.340. The van der Waals surface area contributed by atoms with Crippen molar-refractivity contribution in [1.29, 1.82) is 0 Å². The molecule has 0 aromatic heterocycles. The molecule has 2 nitrogen and oxygen atoms in total. The largest absolute Gasteiger partial charge is 0.384 e. The SMILES string of the molecule is C=CCC(COC)(COC)CC1CCC1. The predicted octanol–water partition coefficient (Wildman–Crippen LogP) is 3.03. The van der Waals surface area contributed by atoms with E-state index >= 15 is 0 Å². The van der Waals surface area contributed by atoms with Gasteiger partial charge in [-0.3, -0.25) is 0 Å². The standard InChI is InChI=1S/C13H24O2/c1-4-8-13(10-14-2,11-15-3)9-12-6-5-7-12/h4,12H,1,5-11H2,2-3H3. The van der Waals surface area contributed by atoms with E-state index in [1.165, 1.54) is 25.7 Å². The molecule has 0 N–H and O–H groups in total. The van der Waals surface area contributed by atoms with Crippen LogP contribution in [0.5, 0.6) is 0 Å². The Morgan fingerprint density at radius 2 is 1.87 bits per heavy atom. The number of allylic oxidation sites excluding steroid dienone is 1. The van der Waals surface area contributed by atoms with Gasteiger partial charge in [-0.05, 0) is 18.8 Å². The van der Waals surface area contributed by atoms with Gasteiger partial charge in [0.1, 0.15) is 0 Å². The van der Waals surface area contributed by atoms with Crippen molar-refractivity contribution in [2.75, 3.05) is 27.4 Å². The highest BCUT2D eigenvalue weighted by atomic mass is 16.5. The molecule has 1 saturated carbocycles. The second-order valence-electron chi connectivity index (χ2n) is 4.86. The molecule has 1 aliphatic carbocycles. The first-order valence-corrected chi connectivity index (χ1v) is 5.85. The fourth-order valence-electron chi connectivity index (χ4n) is 2.59. The van der Waals surface area contributed by atoms with Crippen LogP contribution < -0.4 is 0 Å². The highest BCUT2D eigenvalue weighted by molar-refractivity contribution is 4.90. The molecule has 1 aliphatic rings. The second kappa shape index (κ2) is 6.29. The smallest absolute Gasteiger partial charge is 0.0543 e. The lowest BCUT2D eigenvalue weighted by molar-refractivity contribution is -0.0120. The molecule has 0 aromatic rings. The molecule has 0 radical (unpaired) electrons. The van der Waals surface area contributed by atoms with Crippen LogP contribution in [0.15, 0.2) is 12.7 Å². The monoisotopic (exact) mass is 212 g/mol. The van der Waals surface area contributed by atoms with Crippen LogP contribution in [0.3, 0.4) is 0 Å². The van der Waals surface area contributed by atoms with Crippen LogP contribution in [0.1, 0.15) is 32.1 Å². The lowest BCUT2D eigenvalue weighted by Crippen LogP contribution is -2.35. The third-order valence-electron chi connectivity index (χ3n) is 3.42. The van der Waals surface area contributed by atoms with Crippen molar-refractivity contribution in [1.82, 2.24) is 0 Å². The summed E-state index contributed by atoms with van der Waals surface area (Å²) in [5, 5.41) is 0. The Bertz CT molecular complexity index is 179. The average molecular weight is 212 g/mol. The molecule has 2 heteroatoms. The molecule has 88 valence electrons. The second-order valence-corrected chi connectivity index (χ2v) is 4.86. The first-order chi connectivity index (χ1) is 7.26. The van der Waals surface area contributed by atoms with Gasteiger partial charge in [0.05, 0.1) is 13.2 Å². The van der Waals surface area contributed by atoms with E-state index < -0.39 is 0 Å². The molecule has 15 heavy (non-hydrogen) atoms. The van der Waals surface area contributed by atoms with E-state index in [0.29, 0.717) is 0 Å². The fraction of sp³-hybridized carbons (Fsp3) is 0.846. The summed E-state index contributed by atoms with van der Waals surface area (Å²) >= 11 is 0. The number of ether oxygens (including phenoxy) is 2. The highest BCUT2D eigenvalue weighted by Crippen LogP contribution is 2.40. The molecule has 0 spiro atoms. The molecular weight excluding hydrogens is 188 g/mol. The summed E-state index contributed by atoms with van der Waals surface area (Å²) in [5.41, 5.74) is 0.163. The summed E-state index contributed by atoms with van der Waals surface area (Å²) in [6.45, 7) is 5.41. The number of hydrogen-bond acceptors (Lipinski definition) is 2. The van der Waals surface area contributed by atoms with Crippen molar-refractivity contribution in [2.45, 2.75) is 32.1 Å². The molecule has 0 bridgehead atoms. The van der Waals surface area contributed by atoms with Gasteiger partial charge in [-0.25, -0.2) is 0 Å². The van der Waals surface area contributed by atoms with Crippen molar-refractivity contribution in [3.05, 3.63) is 12.7 Å². The van der Waals surface area contributed by atoms with E-state index in [4.69, 9.17) is 9.47 Å². The van der Waals surface area contributed by atoms with Gasteiger partial charge >= 0.3 is 0 Å². The van der Waals surface area contributed by atoms with Crippen LogP contribution >= 0.6 is 0 Å². The molecule has 1 fully saturated rings. The minimum Gasteiger partial charge on any atom is -0.384 e. The molecule has 0 saturated heterocycles. The average Bonchev–Trinajstić information content (AvgIpc) is 2.13. The Balaban J connectivity index is 2.55. The van der Waals surface area contributed by atoms with Crippen molar-refractivity contribution >= 4 is 0 Å². The topological polar surface area (TPSA) is 18.5 Å². The summed E-state index contributed by atoms with van der Waals surface area (Å²) in [6.07, 6.45) is 8.37. The van der Waals surface area contributed by atoms with Crippen molar-refractivity contribution < 1.29 is 9.47 Å². The van der Waals surface area contributed by atoms with Gasteiger partial charge in [0, 0.05) is 19.6 Å². The number of rotatable bonds is 8. The molecule has 0 amide bonds. The van der Waals surface area contributed by atoms with Crippen LogP contribution in [-0.4, -0.2) is 27.4 Å². The van der Waals surface area contributed by atoms with Crippen LogP contribution in [0.4, 0.5) is 0 Å². The van der Waals surface area contributed by atoms with Gasteiger partial charge < -0.3 is 9.47 Å². The quantitative estimate of drug-likeness (QED) is 0.576. The summed E-state index contributed by atoms with van der Waals surface area (Å²) in [4.78, 5) is 0.